The monoisotopic (exact) mass is 340 g/mol. The summed E-state index contributed by atoms with van der Waals surface area (Å²) in [6.45, 7) is 2.83. The van der Waals surface area contributed by atoms with Gasteiger partial charge in [0.1, 0.15) is 0 Å². The molecule has 3 aromatic rings. The topological polar surface area (TPSA) is 69.7 Å². The molecule has 0 radical (unpaired) electrons. The lowest BCUT2D eigenvalue weighted by atomic mass is 10.1. The van der Waals surface area contributed by atoms with Crippen LogP contribution in [0.2, 0.25) is 0 Å². The van der Waals surface area contributed by atoms with Crippen LogP contribution in [-0.4, -0.2) is 39.5 Å². The van der Waals surface area contributed by atoms with E-state index in [4.69, 9.17) is 0 Å². The summed E-state index contributed by atoms with van der Waals surface area (Å²) in [5.41, 5.74) is 2.34. The SMILES string of the molecule is c1cnnc(N2CCC[C@H](NCc3cn[nH]c3-c3cccs3)C2)c1. The molecule has 0 aliphatic carbocycles. The molecule has 24 heavy (non-hydrogen) atoms. The molecule has 1 aliphatic rings. The summed E-state index contributed by atoms with van der Waals surface area (Å²) in [5, 5.41) is 21.3. The minimum atomic E-state index is 0.451. The molecule has 1 atom stereocenters. The molecule has 0 amide bonds. The maximum atomic E-state index is 4.23. The van der Waals surface area contributed by atoms with Crippen LogP contribution < -0.4 is 10.2 Å². The molecular formula is C17H20N6S. The van der Waals surface area contributed by atoms with Crippen LogP contribution in [0.5, 0.6) is 0 Å². The Morgan fingerprint density at radius 2 is 2.33 bits per heavy atom. The second kappa shape index (κ2) is 7.11. The Bertz CT molecular complexity index is 755. The number of anilines is 1. The number of aromatic nitrogens is 4. The number of hydrogen-bond donors (Lipinski definition) is 2. The number of hydrogen-bond acceptors (Lipinski definition) is 6. The molecule has 4 heterocycles. The van der Waals surface area contributed by atoms with Gasteiger partial charge in [-0.25, -0.2) is 0 Å². The lowest BCUT2D eigenvalue weighted by molar-refractivity contribution is 0.419. The van der Waals surface area contributed by atoms with Gasteiger partial charge in [0.25, 0.3) is 0 Å². The zero-order chi connectivity index (χ0) is 16.2. The van der Waals surface area contributed by atoms with Crippen LogP contribution in [0.1, 0.15) is 18.4 Å². The van der Waals surface area contributed by atoms with E-state index in [2.05, 4.69) is 48.1 Å². The van der Waals surface area contributed by atoms with Gasteiger partial charge in [-0.3, -0.25) is 5.10 Å². The lowest BCUT2D eigenvalue weighted by Crippen LogP contribution is -2.45. The van der Waals surface area contributed by atoms with Crippen LogP contribution in [0.3, 0.4) is 0 Å². The lowest BCUT2D eigenvalue weighted by Gasteiger charge is -2.33. The predicted octanol–water partition coefficient (Wildman–Crippen LogP) is 2.69. The molecular weight excluding hydrogens is 320 g/mol. The van der Waals surface area contributed by atoms with Crippen molar-refractivity contribution in [2.45, 2.75) is 25.4 Å². The van der Waals surface area contributed by atoms with Crippen molar-refractivity contribution in [3.05, 3.63) is 47.6 Å². The minimum absolute atomic E-state index is 0.451. The van der Waals surface area contributed by atoms with Crippen molar-refractivity contribution in [1.82, 2.24) is 25.7 Å². The van der Waals surface area contributed by atoms with Gasteiger partial charge >= 0.3 is 0 Å². The summed E-state index contributed by atoms with van der Waals surface area (Å²) in [4.78, 5) is 3.54. The fourth-order valence-corrected chi connectivity index (χ4v) is 3.90. The van der Waals surface area contributed by atoms with Crippen LogP contribution >= 0.6 is 11.3 Å². The Hall–Kier alpha value is -2.25. The van der Waals surface area contributed by atoms with Crippen molar-refractivity contribution >= 4 is 17.2 Å². The van der Waals surface area contributed by atoms with Gasteiger partial charge in [-0.2, -0.15) is 10.2 Å². The van der Waals surface area contributed by atoms with Gasteiger partial charge in [0.05, 0.1) is 16.8 Å². The third-order valence-electron chi connectivity index (χ3n) is 4.37. The highest BCUT2D eigenvalue weighted by atomic mass is 32.1. The maximum Gasteiger partial charge on any atom is 0.151 e. The Morgan fingerprint density at radius 3 is 3.17 bits per heavy atom. The molecule has 6 nitrogen and oxygen atoms in total. The minimum Gasteiger partial charge on any atom is -0.354 e. The van der Waals surface area contributed by atoms with E-state index < -0.39 is 0 Å². The summed E-state index contributed by atoms with van der Waals surface area (Å²) in [7, 11) is 0. The van der Waals surface area contributed by atoms with E-state index in [1.807, 2.05) is 18.3 Å². The van der Waals surface area contributed by atoms with E-state index in [1.165, 1.54) is 16.9 Å². The number of piperidine rings is 1. The number of nitrogens with zero attached hydrogens (tertiary/aromatic N) is 4. The fraction of sp³-hybridized carbons (Fsp3) is 0.353. The van der Waals surface area contributed by atoms with E-state index in [0.717, 1.165) is 37.6 Å². The van der Waals surface area contributed by atoms with Crippen molar-refractivity contribution in [3.8, 4) is 10.6 Å². The summed E-state index contributed by atoms with van der Waals surface area (Å²) in [6.07, 6.45) is 5.99. The first-order chi connectivity index (χ1) is 11.9. The zero-order valence-corrected chi connectivity index (χ0v) is 14.2. The number of rotatable bonds is 5. The van der Waals surface area contributed by atoms with Gasteiger partial charge in [-0.15, -0.1) is 16.4 Å². The van der Waals surface area contributed by atoms with Crippen LogP contribution in [0.25, 0.3) is 10.6 Å². The normalized spacial score (nSPS) is 18.0. The second-order valence-electron chi connectivity index (χ2n) is 6.00. The molecule has 1 fully saturated rings. The van der Waals surface area contributed by atoms with Gasteiger partial charge in [0, 0.05) is 37.4 Å². The molecule has 0 aromatic carbocycles. The molecule has 4 rings (SSSR count). The van der Waals surface area contributed by atoms with Crippen molar-refractivity contribution in [2.75, 3.05) is 18.0 Å². The molecule has 7 heteroatoms. The van der Waals surface area contributed by atoms with E-state index >= 15 is 0 Å². The first-order valence-electron chi connectivity index (χ1n) is 8.22. The highest BCUT2D eigenvalue weighted by molar-refractivity contribution is 7.13. The smallest absolute Gasteiger partial charge is 0.151 e. The van der Waals surface area contributed by atoms with Gasteiger partial charge < -0.3 is 10.2 Å². The Morgan fingerprint density at radius 1 is 1.33 bits per heavy atom. The third kappa shape index (κ3) is 3.32. The molecule has 2 N–H and O–H groups in total. The maximum absolute atomic E-state index is 4.23. The summed E-state index contributed by atoms with van der Waals surface area (Å²) < 4.78 is 0. The quantitative estimate of drug-likeness (QED) is 0.747. The largest absolute Gasteiger partial charge is 0.354 e. The summed E-state index contributed by atoms with van der Waals surface area (Å²) in [6, 6.07) is 8.61. The molecule has 124 valence electrons. The summed E-state index contributed by atoms with van der Waals surface area (Å²) >= 11 is 1.73. The van der Waals surface area contributed by atoms with Gasteiger partial charge in [0.2, 0.25) is 0 Å². The third-order valence-corrected chi connectivity index (χ3v) is 5.26. The number of H-pyrrole nitrogens is 1. The molecule has 1 aliphatic heterocycles. The van der Waals surface area contributed by atoms with Gasteiger partial charge in [-0.05, 0) is 36.4 Å². The van der Waals surface area contributed by atoms with Gasteiger partial charge in [-0.1, -0.05) is 6.07 Å². The van der Waals surface area contributed by atoms with Crippen molar-refractivity contribution in [1.29, 1.82) is 0 Å². The highest BCUT2D eigenvalue weighted by Gasteiger charge is 2.21. The number of aromatic amines is 1. The number of thiophene rings is 1. The number of nitrogens with one attached hydrogen (secondary N) is 2. The van der Waals surface area contributed by atoms with Crippen molar-refractivity contribution in [3.63, 3.8) is 0 Å². The average molecular weight is 340 g/mol. The zero-order valence-electron chi connectivity index (χ0n) is 13.4. The Labute approximate surface area is 144 Å². The molecule has 0 spiro atoms. The van der Waals surface area contributed by atoms with Gasteiger partial charge in [0.15, 0.2) is 5.82 Å². The fourth-order valence-electron chi connectivity index (χ4n) is 3.15. The van der Waals surface area contributed by atoms with E-state index in [9.17, 15) is 0 Å². The molecule has 3 aromatic heterocycles. The first-order valence-corrected chi connectivity index (χ1v) is 9.10. The van der Waals surface area contributed by atoms with Crippen molar-refractivity contribution in [2.24, 2.45) is 0 Å². The first kappa shape index (κ1) is 15.3. The van der Waals surface area contributed by atoms with Crippen LogP contribution in [0, 0.1) is 0 Å². The van der Waals surface area contributed by atoms with Crippen LogP contribution in [0.15, 0.2) is 42.0 Å². The molecule has 1 saturated heterocycles. The van der Waals surface area contributed by atoms with Crippen LogP contribution in [0.4, 0.5) is 5.82 Å². The molecule has 0 unspecified atom stereocenters. The predicted molar refractivity (Wildman–Crippen MR) is 96.0 cm³/mol. The van der Waals surface area contributed by atoms with Crippen LogP contribution in [-0.2, 0) is 6.54 Å². The summed E-state index contributed by atoms with van der Waals surface area (Å²) in [5.74, 6) is 0.964. The van der Waals surface area contributed by atoms with E-state index in [1.54, 1.807) is 17.5 Å². The van der Waals surface area contributed by atoms with Crippen molar-refractivity contribution < 1.29 is 0 Å². The molecule has 0 bridgehead atoms. The van der Waals surface area contributed by atoms with E-state index in [-0.39, 0.29) is 0 Å². The standard InChI is InChI=1S/C17H20N6S/c1-6-16(21-19-7-1)23-8-2-4-14(12-23)18-10-13-11-20-22-17(13)15-5-3-9-24-15/h1,3,5-7,9,11,14,18H,2,4,8,10,12H2,(H,20,22)/t14-/m0/s1. The Kier molecular flexibility index (Phi) is 4.53. The highest BCUT2D eigenvalue weighted by Crippen LogP contribution is 2.26. The van der Waals surface area contributed by atoms with E-state index in [0.29, 0.717) is 6.04 Å². The Balaban J connectivity index is 1.39. The average Bonchev–Trinajstić information content (AvgIpc) is 3.32. The second-order valence-corrected chi connectivity index (χ2v) is 6.94. The molecule has 0 saturated carbocycles.